The van der Waals surface area contributed by atoms with Gasteiger partial charge < -0.3 is 15.5 Å². The van der Waals surface area contributed by atoms with Crippen LogP contribution in [-0.4, -0.2) is 39.7 Å². The van der Waals surface area contributed by atoms with Crippen molar-refractivity contribution in [3.63, 3.8) is 0 Å². The molecule has 2 aliphatic heterocycles. The average Bonchev–Trinajstić information content (AvgIpc) is 4.12. The number of rotatable bonds is 32. The Kier molecular flexibility index (Phi) is 21.5. The molecule has 0 radical (unpaired) electrons. The molecule has 0 aromatic carbocycles. The van der Waals surface area contributed by atoms with E-state index >= 15 is 9.59 Å². The van der Waals surface area contributed by atoms with Crippen LogP contribution in [0.2, 0.25) is 0 Å². The highest BCUT2D eigenvalue weighted by Gasteiger charge is 2.50. The van der Waals surface area contributed by atoms with Gasteiger partial charge in [-0.3, -0.25) is 9.59 Å². The summed E-state index contributed by atoms with van der Waals surface area (Å²) in [4.78, 5) is 46.1. The summed E-state index contributed by atoms with van der Waals surface area (Å²) in [6, 6.07) is 8.70. The van der Waals surface area contributed by atoms with Crippen molar-refractivity contribution in [2.45, 2.75) is 227 Å². The summed E-state index contributed by atoms with van der Waals surface area (Å²) < 4.78 is 0. The molecule has 2 N–H and O–H groups in total. The van der Waals surface area contributed by atoms with Crippen LogP contribution >= 0.6 is 34.0 Å². The first-order valence-electron chi connectivity index (χ1n) is 26.3. The van der Waals surface area contributed by atoms with E-state index in [1.54, 1.807) is 34.0 Å². The highest BCUT2D eigenvalue weighted by Crippen LogP contribution is 2.50. The molecule has 0 aliphatic carbocycles. The molecule has 362 valence electrons. The van der Waals surface area contributed by atoms with Crippen LogP contribution in [0.15, 0.2) is 41.6 Å². The van der Waals surface area contributed by atoms with Gasteiger partial charge in [0.25, 0.3) is 11.8 Å². The fourth-order valence-electron chi connectivity index (χ4n) is 9.72. The predicted molar refractivity (Wildman–Crippen MR) is 283 cm³/mol. The van der Waals surface area contributed by atoms with Gasteiger partial charge in [-0.05, 0) is 81.0 Å². The van der Waals surface area contributed by atoms with Gasteiger partial charge in [0.1, 0.15) is 5.01 Å². The molecular formula is C56H88N4O2S3. The number of aromatic nitrogens is 1. The quantitative estimate of drug-likeness (QED) is 0.0633. The number of amides is 2. The zero-order valence-corrected chi connectivity index (χ0v) is 44.8. The lowest BCUT2D eigenvalue weighted by Crippen LogP contribution is -2.34. The minimum atomic E-state index is -0.439. The Labute approximate surface area is 408 Å². The first-order valence-corrected chi connectivity index (χ1v) is 28.8. The molecule has 0 fully saturated rings. The maximum absolute atomic E-state index is 15.6. The van der Waals surface area contributed by atoms with Crippen molar-refractivity contribution in [2.24, 2.45) is 17.6 Å². The molecule has 2 atom stereocenters. The summed E-state index contributed by atoms with van der Waals surface area (Å²) in [6.45, 7) is 21.2. The summed E-state index contributed by atoms with van der Waals surface area (Å²) in [7, 11) is 0. The van der Waals surface area contributed by atoms with Crippen molar-refractivity contribution >= 4 is 57.2 Å². The van der Waals surface area contributed by atoms with Crippen molar-refractivity contribution in [2.75, 3.05) is 13.1 Å². The zero-order valence-electron chi connectivity index (χ0n) is 42.4. The molecule has 65 heavy (non-hydrogen) atoms. The van der Waals surface area contributed by atoms with Gasteiger partial charge in [0.05, 0.1) is 32.3 Å². The van der Waals surface area contributed by atoms with Crippen LogP contribution in [0.25, 0.3) is 21.1 Å². The van der Waals surface area contributed by atoms with Crippen LogP contribution in [0.5, 0.6) is 0 Å². The fraction of sp³-hybridized carbons (Fsp3) is 0.696. The number of thiophene rings is 2. The van der Waals surface area contributed by atoms with Gasteiger partial charge >= 0.3 is 0 Å². The second kappa shape index (κ2) is 26.2. The largest absolute Gasteiger partial charge is 0.321 e. The third-order valence-electron chi connectivity index (χ3n) is 13.7. The summed E-state index contributed by atoms with van der Waals surface area (Å²) in [5, 5.41) is 0.768. The Morgan fingerprint density at radius 1 is 0.508 bits per heavy atom. The van der Waals surface area contributed by atoms with E-state index in [1.807, 2.05) is 24.9 Å². The highest BCUT2D eigenvalue weighted by atomic mass is 32.1. The first-order chi connectivity index (χ1) is 31.2. The Bertz CT molecular complexity index is 1990. The standard InChI is InChI=1S/C56H88N4O2S3/c1-10-14-18-22-24-28-32-41(30-26-20-16-12-3)39-59-50(44-35-36-46(64-44)55(5,6)7)48-49(54(59)62)51(52-58-38-45(65-52)43-34-37-47(63-43)56(8,9)57)60(53(48)61)40-42(31-27-21-17-13-4)33-29-25-23-19-15-11-2/h34-38,41-42H,10-33,39-40,57H2,1-9H3. The van der Waals surface area contributed by atoms with Gasteiger partial charge in [-0.25, -0.2) is 4.98 Å². The third-order valence-corrected chi connectivity index (χ3v) is 17.8. The molecule has 0 bridgehead atoms. The zero-order chi connectivity index (χ0) is 47.0. The summed E-state index contributed by atoms with van der Waals surface area (Å²) in [5.41, 5.74) is 8.85. The minimum absolute atomic E-state index is 0.0106. The van der Waals surface area contributed by atoms with E-state index in [4.69, 9.17) is 10.7 Å². The maximum atomic E-state index is 15.6. The second-order valence-electron chi connectivity index (χ2n) is 21.2. The van der Waals surface area contributed by atoms with Crippen molar-refractivity contribution < 1.29 is 9.59 Å². The summed E-state index contributed by atoms with van der Waals surface area (Å²) in [5.74, 6) is 0.716. The molecule has 0 saturated heterocycles. The molecule has 2 aliphatic rings. The molecule has 5 rings (SSSR count). The first kappa shape index (κ1) is 53.4. The lowest BCUT2D eigenvalue weighted by Gasteiger charge is -2.29. The van der Waals surface area contributed by atoms with Crippen molar-refractivity contribution in [1.82, 2.24) is 14.8 Å². The monoisotopic (exact) mass is 945 g/mol. The Hall–Kier alpha value is -2.59. The number of nitrogens with two attached hydrogens (primary N) is 1. The molecule has 6 nitrogen and oxygen atoms in total. The van der Waals surface area contributed by atoms with E-state index in [9.17, 15) is 0 Å². The van der Waals surface area contributed by atoms with E-state index < -0.39 is 5.54 Å². The number of unbranched alkanes of at least 4 members (excludes halogenated alkanes) is 16. The molecule has 2 unspecified atom stereocenters. The van der Waals surface area contributed by atoms with Crippen LogP contribution < -0.4 is 5.73 Å². The number of fused-ring (bicyclic) bond motifs is 1. The Morgan fingerprint density at radius 2 is 0.908 bits per heavy atom. The number of carbonyl (C=O) groups is 2. The molecule has 2 amide bonds. The van der Waals surface area contributed by atoms with Gasteiger partial charge in [0.2, 0.25) is 0 Å². The molecule has 3 aromatic rings. The SMILES string of the molecule is CCCCCCCCC(CCCCCC)CN1C(=O)C2=C(c3ncc(-c4ccc(C(C)(C)N)s4)s3)N(CC(CCCCCC)CCCCCCCC)C(=O)C2=C1c1ccc(C(C)(C)C)s1. The third kappa shape index (κ3) is 14.9. The van der Waals surface area contributed by atoms with Crippen LogP contribution in [0.1, 0.15) is 236 Å². The molecule has 5 heterocycles. The molecule has 0 spiro atoms. The van der Waals surface area contributed by atoms with Gasteiger partial charge in [-0.1, -0.05) is 177 Å². The maximum Gasteiger partial charge on any atom is 0.261 e. The Morgan fingerprint density at radius 3 is 1.35 bits per heavy atom. The van der Waals surface area contributed by atoms with E-state index in [-0.39, 0.29) is 17.2 Å². The fourth-order valence-corrected chi connectivity index (χ4v) is 12.9. The molecule has 0 saturated carbocycles. The van der Waals surface area contributed by atoms with E-state index in [0.717, 1.165) is 61.6 Å². The number of hydrogen-bond donors (Lipinski definition) is 1. The Balaban J connectivity index is 1.61. The average molecular weight is 946 g/mol. The van der Waals surface area contributed by atoms with Crippen molar-refractivity contribution in [1.29, 1.82) is 0 Å². The minimum Gasteiger partial charge on any atom is -0.321 e. The second-order valence-corrected chi connectivity index (χ2v) is 24.3. The van der Waals surface area contributed by atoms with Gasteiger partial charge in [-0.15, -0.1) is 34.0 Å². The normalized spacial score (nSPS) is 15.7. The molecular weight excluding hydrogens is 857 g/mol. The number of carbonyl (C=O) groups excluding carboxylic acids is 2. The van der Waals surface area contributed by atoms with E-state index in [2.05, 4.69) is 77.6 Å². The molecule has 3 aromatic heterocycles. The molecule has 9 heteroatoms. The van der Waals surface area contributed by atoms with Gasteiger partial charge in [0, 0.05) is 39.5 Å². The van der Waals surface area contributed by atoms with Crippen LogP contribution in [0.4, 0.5) is 0 Å². The van der Waals surface area contributed by atoms with E-state index in [1.165, 1.54) is 133 Å². The van der Waals surface area contributed by atoms with Gasteiger partial charge in [0.15, 0.2) is 0 Å². The van der Waals surface area contributed by atoms with E-state index in [0.29, 0.717) is 36.1 Å². The number of hydrogen-bond acceptors (Lipinski definition) is 7. The highest BCUT2D eigenvalue weighted by molar-refractivity contribution is 7.22. The summed E-state index contributed by atoms with van der Waals surface area (Å²) >= 11 is 5.08. The van der Waals surface area contributed by atoms with Crippen molar-refractivity contribution in [3.05, 3.63) is 61.2 Å². The number of nitrogens with zero attached hydrogens (tertiary/aromatic N) is 3. The lowest BCUT2D eigenvalue weighted by molar-refractivity contribution is -0.124. The smallest absolute Gasteiger partial charge is 0.261 e. The van der Waals surface area contributed by atoms with Crippen LogP contribution in [-0.2, 0) is 20.5 Å². The lowest BCUT2D eigenvalue weighted by atomic mass is 9.93. The predicted octanol–water partition coefficient (Wildman–Crippen LogP) is 16.9. The van der Waals surface area contributed by atoms with Gasteiger partial charge in [-0.2, -0.15) is 0 Å². The number of thiazole rings is 1. The van der Waals surface area contributed by atoms with Crippen molar-refractivity contribution in [3.8, 4) is 9.75 Å². The topological polar surface area (TPSA) is 79.5 Å². The van der Waals surface area contributed by atoms with Crippen LogP contribution in [0, 0.1) is 11.8 Å². The van der Waals surface area contributed by atoms with Crippen LogP contribution in [0.3, 0.4) is 0 Å². The summed E-state index contributed by atoms with van der Waals surface area (Å²) in [6.07, 6.45) is 31.2.